The Morgan fingerprint density at radius 2 is 1.45 bits per heavy atom. The van der Waals surface area contributed by atoms with Crippen LogP contribution >= 0.6 is 7.14 Å². The molecule has 1 heterocycles. The lowest BCUT2D eigenvalue weighted by Gasteiger charge is -2.26. The third kappa shape index (κ3) is 3.35. The molecule has 1 aromatic carbocycles. The molecular formula is C20H33OP. The third-order valence-corrected chi connectivity index (χ3v) is 8.62. The van der Waals surface area contributed by atoms with Crippen LogP contribution in [-0.4, -0.2) is 12.3 Å². The van der Waals surface area contributed by atoms with E-state index in [1.54, 1.807) is 0 Å². The molecule has 0 saturated carbocycles. The van der Waals surface area contributed by atoms with Crippen molar-refractivity contribution in [2.75, 3.05) is 12.3 Å². The van der Waals surface area contributed by atoms with Crippen molar-refractivity contribution in [3.63, 3.8) is 0 Å². The highest BCUT2D eigenvalue weighted by molar-refractivity contribution is 7.72. The standard InChI is InChI=1S/C20H33OP/c1-13(2)17-10-18(14(3)4)20(19(11-17)15(5)6)22(21)9-8-16(7)12-22/h10-11,13-16H,8-9,12H2,1-7H3. The van der Waals surface area contributed by atoms with E-state index < -0.39 is 7.14 Å². The summed E-state index contributed by atoms with van der Waals surface area (Å²) in [6.45, 7) is 15.8. The molecule has 1 nitrogen and oxygen atoms in total. The van der Waals surface area contributed by atoms with Gasteiger partial charge in [-0.15, -0.1) is 0 Å². The Labute approximate surface area is 137 Å². The smallest absolute Gasteiger partial charge is 0.116 e. The fourth-order valence-electron chi connectivity index (χ4n) is 3.71. The van der Waals surface area contributed by atoms with Gasteiger partial charge < -0.3 is 4.57 Å². The van der Waals surface area contributed by atoms with Crippen LogP contribution in [0.4, 0.5) is 0 Å². The maximum atomic E-state index is 13.8. The first-order valence-corrected chi connectivity index (χ1v) is 11.0. The van der Waals surface area contributed by atoms with Gasteiger partial charge in [0.25, 0.3) is 0 Å². The van der Waals surface area contributed by atoms with E-state index in [0.29, 0.717) is 23.7 Å². The Balaban J connectivity index is 2.72. The number of benzene rings is 1. The van der Waals surface area contributed by atoms with Crippen molar-refractivity contribution in [3.8, 4) is 0 Å². The summed E-state index contributed by atoms with van der Waals surface area (Å²) in [5.74, 6) is 2.00. The van der Waals surface area contributed by atoms with Gasteiger partial charge in [-0.25, -0.2) is 0 Å². The first-order chi connectivity index (χ1) is 10.2. The van der Waals surface area contributed by atoms with Crippen LogP contribution in [0.1, 0.15) is 89.3 Å². The van der Waals surface area contributed by atoms with E-state index in [1.807, 2.05) is 0 Å². The highest BCUT2D eigenvalue weighted by Gasteiger charge is 2.37. The van der Waals surface area contributed by atoms with Crippen molar-refractivity contribution in [1.82, 2.24) is 0 Å². The fourth-order valence-corrected chi connectivity index (χ4v) is 7.93. The number of hydrogen-bond donors (Lipinski definition) is 0. The zero-order valence-corrected chi connectivity index (χ0v) is 16.3. The average Bonchev–Trinajstić information content (AvgIpc) is 2.77. The van der Waals surface area contributed by atoms with Gasteiger partial charge in [-0.2, -0.15) is 0 Å². The second kappa shape index (κ2) is 6.52. The van der Waals surface area contributed by atoms with Crippen molar-refractivity contribution in [1.29, 1.82) is 0 Å². The van der Waals surface area contributed by atoms with Gasteiger partial charge in [-0.1, -0.05) is 60.6 Å². The summed E-state index contributed by atoms with van der Waals surface area (Å²) in [4.78, 5) is 0. The third-order valence-electron chi connectivity index (χ3n) is 5.10. The SMILES string of the molecule is CC1CCP(=O)(c2c(C(C)C)cc(C(C)C)cc2C(C)C)C1. The summed E-state index contributed by atoms with van der Waals surface area (Å²) in [6.07, 6.45) is 2.94. The normalized spacial score (nSPS) is 25.6. The average molecular weight is 320 g/mol. The maximum absolute atomic E-state index is 13.8. The Kier molecular flexibility index (Phi) is 5.27. The molecule has 22 heavy (non-hydrogen) atoms. The van der Waals surface area contributed by atoms with Crippen LogP contribution in [0.25, 0.3) is 0 Å². The van der Waals surface area contributed by atoms with Gasteiger partial charge in [-0.05, 0) is 46.8 Å². The summed E-state index contributed by atoms with van der Waals surface area (Å²) in [5, 5.41) is 1.26. The van der Waals surface area contributed by atoms with Gasteiger partial charge in [0, 0.05) is 17.6 Å². The second-order valence-corrected chi connectivity index (χ2v) is 11.2. The van der Waals surface area contributed by atoms with Crippen LogP contribution in [0, 0.1) is 5.92 Å². The summed E-state index contributed by atoms with van der Waals surface area (Å²) >= 11 is 0. The Morgan fingerprint density at radius 1 is 0.955 bits per heavy atom. The van der Waals surface area contributed by atoms with Gasteiger partial charge >= 0.3 is 0 Å². The molecule has 2 atom stereocenters. The zero-order chi connectivity index (χ0) is 16.7. The lowest BCUT2D eigenvalue weighted by molar-refractivity contribution is 0.582. The zero-order valence-electron chi connectivity index (χ0n) is 15.4. The molecule has 2 unspecified atom stereocenters. The van der Waals surface area contributed by atoms with Gasteiger partial charge in [0.15, 0.2) is 0 Å². The summed E-state index contributed by atoms with van der Waals surface area (Å²) in [5.41, 5.74) is 4.11. The summed E-state index contributed by atoms with van der Waals surface area (Å²) in [6, 6.07) is 4.69. The van der Waals surface area contributed by atoms with Crippen molar-refractivity contribution in [2.24, 2.45) is 5.92 Å². The minimum Gasteiger partial charge on any atom is -0.319 e. The van der Waals surface area contributed by atoms with E-state index in [-0.39, 0.29) is 0 Å². The lowest BCUT2D eigenvalue weighted by Crippen LogP contribution is -2.21. The molecule has 1 fully saturated rings. The van der Waals surface area contributed by atoms with Crippen molar-refractivity contribution >= 4 is 12.4 Å². The van der Waals surface area contributed by atoms with E-state index in [9.17, 15) is 4.57 Å². The van der Waals surface area contributed by atoms with Crippen molar-refractivity contribution < 1.29 is 4.57 Å². The maximum Gasteiger partial charge on any atom is 0.116 e. The monoisotopic (exact) mass is 320 g/mol. The quantitative estimate of drug-likeness (QED) is 0.614. The second-order valence-electron chi connectivity index (χ2n) is 8.20. The predicted molar refractivity (Wildman–Crippen MR) is 99.5 cm³/mol. The molecule has 1 aromatic rings. The molecule has 0 aromatic heterocycles. The van der Waals surface area contributed by atoms with E-state index in [4.69, 9.17) is 0 Å². The topological polar surface area (TPSA) is 17.1 Å². The van der Waals surface area contributed by atoms with Gasteiger partial charge in [0.2, 0.25) is 0 Å². The van der Waals surface area contributed by atoms with Crippen molar-refractivity contribution in [3.05, 3.63) is 28.8 Å². The summed E-state index contributed by atoms with van der Waals surface area (Å²) < 4.78 is 13.8. The minimum absolute atomic E-state index is 0.438. The van der Waals surface area contributed by atoms with Gasteiger partial charge in [0.1, 0.15) is 7.14 Å². The van der Waals surface area contributed by atoms with Crippen LogP contribution in [-0.2, 0) is 4.57 Å². The molecule has 0 spiro atoms. The van der Waals surface area contributed by atoms with Crippen LogP contribution in [0.15, 0.2) is 12.1 Å². The van der Waals surface area contributed by atoms with Crippen LogP contribution < -0.4 is 5.30 Å². The number of rotatable bonds is 4. The molecule has 124 valence electrons. The predicted octanol–water partition coefficient (Wildman–Crippen LogP) is 6.09. The highest BCUT2D eigenvalue weighted by Crippen LogP contribution is 2.55. The molecule has 0 aliphatic carbocycles. The molecule has 2 rings (SSSR count). The Bertz CT molecular complexity index is 554. The first kappa shape index (κ1) is 17.8. The van der Waals surface area contributed by atoms with E-state index in [1.165, 1.54) is 22.0 Å². The van der Waals surface area contributed by atoms with E-state index in [0.717, 1.165) is 18.7 Å². The molecule has 0 bridgehead atoms. The Hall–Kier alpha value is -0.550. The highest BCUT2D eigenvalue weighted by atomic mass is 31.2. The van der Waals surface area contributed by atoms with E-state index in [2.05, 4.69) is 60.6 Å². The molecule has 2 heteroatoms. The molecule has 1 aliphatic heterocycles. The molecule has 1 saturated heterocycles. The molecular weight excluding hydrogens is 287 g/mol. The number of hydrogen-bond acceptors (Lipinski definition) is 1. The molecule has 1 aliphatic rings. The minimum atomic E-state index is -2.21. The lowest BCUT2D eigenvalue weighted by atomic mass is 9.89. The van der Waals surface area contributed by atoms with E-state index >= 15 is 0 Å². The molecule has 0 radical (unpaired) electrons. The van der Waals surface area contributed by atoms with Gasteiger partial charge in [-0.3, -0.25) is 0 Å². The van der Waals surface area contributed by atoms with Gasteiger partial charge in [0.05, 0.1) is 0 Å². The van der Waals surface area contributed by atoms with Crippen LogP contribution in [0.5, 0.6) is 0 Å². The largest absolute Gasteiger partial charge is 0.319 e. The Morgan fingerprint density at radius 3 is 1.77 bits per heavy atom. The fraction of sp³-hybridized carbons (Fsp3) is 0.700. The van der Waals surface area contributed by atoms with Crippen LogP contribution in [0.2, 0.25) is 0 Å². The first-order valence-electron chi connectivity index (χ1n) is 8.92. The molecule has 0 N–H and O–H groups in total. The van der Waals surface area contributed by atoms with Crippen LogP contribution in [0.3, 0.4) is 0 Å². The summed E-state index contributed by atoms with van der Waals surface area (Å²) in [7, 11) is -2.21. The van der Waals surface area contributed by atoms with Crippen molar-refractivity contribution in [2.45, 2.75) is 72.6 Å². The molecule has 0 amide bonds.